The van der Waals surface area contributed by atoms with Crippen LogP contribution in [0, 0.1) is 0 Å². The van der Waals surface area contributed by atoms with E-state index >= 15 is 0 Å². The number of rotatable bonds is 4. The normalized spacial score (nSPS) is 18.3. The molecule has 1 fully saturated rings. The highest BCUT2D eigenvalue weighted by Gasteiger charge is 2.23. The topological polar surface area (TPSA) is 78.9 Å². The number of hydrogen-bond acceptors (Lipinski definition) is 3. The summed E-state index contributed by atoms with van der Waals surface area (Å²) < 4.78 is 5.29. The summed E-state index contributed by atoms with van der Waals surface area (Å²) in [5, 5.41) is 11.8. The first kappa shape index (κ1) is 15.3. The van der Waals surface area contributed by atoms with Gasteiger partial charge in [0.2, 0.25) is 0 Å². The first-order valence-corrected chi connectivity index (χ1v) is 7.02. The van der Waals surface area contributed by atoms with Gasteiger partial charge in [-0.05, 0) is 31.0 Å². The van der Waals surface area contributed by atoms with Crippen molar-refractivity contribution in [1.29, 1.82) is 0 Å². The van der Waals surface area contributed by atoms with E-state index in [1.54, 1.807) is 23.1 Å². The number of aromatic carboxylic acids is 1. The van der Waals surface area contributed by atoms with E-state index < -0.39 is 5.97 Å². The lowest BCUT2D eigenvalue weighted by Crippen LogP contribution is -2.51. The third-order valence-electron chi connectivity index (χ3n) is 3.49. The molecule has 114 valence electrons. The summed E-state index contributed by atoms with van der Waals surface area (Å²) in [4.78, 5) is 24.7. The number of carbonyl (C=O) groups excluding carboxylic acids is 1. The second-order valence-corrected chi connectivity index (χ2v) is 5.10. The molecule has 1 aliphatic rings. The predicted octanol–water partition coefficient (Wildman–Crippen LogP) is 1.36. The fraction of sp³-hybridized carbons (Fsp3) is 0.467. The maximum Gasteiger partial charge on any atom is 0.335 e. The number of nitrogens with zero attached hydrogens (tertiary/aromatic N) is 1. The van der Waals surface area contributed by atoms with Crippen LogP contribution in [0.2, 0.25) is 0 Å². The van der Waals surface area contributed by atoms with Crippen LogP contribution in [-0.4, -0.2) is 54.4 Å². The van der Waals surface area contributed by atoms with Crippen molar-refractivity contribution >= 4 is 12.0 Å². The van der Waals surface area contributed by atoms with Gasteiger partial charge in [0.15, 0.2) is 0 Å². The maximum atomic E-state index is 12.0. The van der Waals surface area contributed by atoms with Gasteiger partial charge in [0.1, 0.15) is 0 Å². The van der Waals surface area contributed by atoms with Crippen molar-refractivity contribution in [3.8, 4) is 0 Å². The number of ether oxygens (including phenoxy) is 1. The van der Waals surface area contributed by atoms with E-state index in [0.717, 1.165) is 5.56 Å². The van der Waals surface area contributed by atoms with Crippen LogP contribution in [0.1, 0.15) is 22.8 Å². The molecule has 6 nitrogen and oxygen atoms in total. The molecule has 0 radical (unpaired) electrons. The SMILES string of the molecule is CC1COCCN1C(=O)NCCc1cccc(C(=O)O)c1. The number of hydrogen-bond donors (Lipinski definition) is 2. The van der Waals surface area contributed by atoms with E-state index in [2.05, 4.69) is 5.32 Å². The Hall–Kier alpha value is -2.08. The van der Waals surface area contributed by atoms with Crippen LogP contribution >= 0.6 is 0 Å². The largest absolute Gasteiger partial charge is 0.478 e. The number of amides is 2. The van der Waals surface area contributed by atoms with Gasteiger partial charge in [-0.2, -0.15) is 0 Å². The number of benzene rings is 1. The quantitative estimate of drug-likeness (QED) is 0.878. The minimum atomic E-state index is -0.942. The molecule has 1 aromatic carbocycles. The minimum absolute atomic E-state index is 0.0779. The predicted molar refractivity (Wildman–Crippen MR) is 77.5 cm³/mol. The third-order valence-corrected chi connectivity index (χ3v) is 3.49. The van der Waals surface area contributed by atoms with Crippen molar-refractivity contribution in [2.24, 2.45) is 0 Å². The van der Waals surface area contributed by atoms with E-state index in [1.165, 1.54) is 0 Å². The molecular formula is C15H20N2O4. The number of urea groups is 1. The molecular weight excluding hydrogens is 272 g/mol. The van der Waals surface area contributed by atoms with Crippen LogP contribution in [0.5, 0.6) is 0 Å². The minimum Gasteiger partial charge on any atom is -0.478 e. The third kappa shape index (κ3) is 4.19. The average Bonchev–Trinajstić information content (AvgIpc) is 2.48. The second kappa shape index (κ2) is 7.08. The number of morpholine rings is 1. The summed E-state index contributed by atoms with van der Waals surface area (Å²) in [5.41, 5.74) is 1.16. The van der Waals surface area contributed by atoms with Gasteiger partial charge in [-0.3, -0.25) is 0 Å². The number of carboxylic acid groups (broad SMARTS) is 1. The Morgan fingerprint density at radius 2 is 2.29 bits per heavy atom. The van der Waals surface area contributed by atoms with Gasteiger partial charge in [0, 0.05) is 13.1 Å². The summed E-state index contributed by atoms with van der Waals surface area (Å²) in [6, 6.07) is 6.74. The molecule has 1 saturated heterocycles. The lowest BCUT2D eigenvalue weighted by Gasteiger charge is -2.33. The standard InChI is InChI=1S/C15H20N2O4/c1-11-10-21-8-7-17(11)15(20)16-6-5-12-3-2-4-13(9-12)14(18)19/h2-4,9,11H,5-8,10H2,1H3,(H,16,20)(H,18,19). The lowest BCUT2D eigenvalue weighted by molar-refractivity contribution is 0.0191. The van der Waals surface area contributed by atoms with Gasteiger partial charge >= 0.3 is 12.0 Å². The smallest absolute Gasteiger partial charge is 0.335 e. The van der Waals surface area contributed by atoms with Crippen LogP contribution in [-0.2, 0) is 11.2 Å². The molecule has 0 saturated carbocycles. The van der Waals surface area contributed by atoms with Crippen LogP contribution in [0.4, 0.5) is 4.79 Å². The Morgan fingerprint density at radius 3 is 3.00 bits per heavy atom. The first-order valence-electron chi connectivity index (χ1n) is 7.02. The molecule has 1 aliphatic heterocycles. The molecule has 0 bridgehead atoms. The van der Waals surface area contributed by atoms with Crippen LogP contribution in [0.15, 0.2) is 24.3 Å². The first-order chi connectivity index (χ1) is 10.1. The fourth-order valence-corrected chi connectivity index (χ4v) is 2.30. The van der Waals surface area contributed by atoms with Crippen molar-refractivity contribution in [3.63, 3.8) is 0 Å². The van der Waals surface area contributed by atoms with E-state index in [9.17, 15) is 9.59 Å². The van der Waals surface area contributed by atoms with Gasteiger partial charge in [-0.25, -0.2) is 9.59 Å². The van der Waals surface area contributed by atoms with E-state index in [-0.39, 0.29) is 17.6 Å². The molecule has 2 N–H and O–H groups in total. The van der Waals surface area contributed by atoms with Crippen LogP contribution in [0.3, 0.4) is 0 Å². The van der Waals surface area contributed by atoms with Crippen molar-refractivity contribution in [3.05, 3.63) is 35.4 Å². The number of nitrogens with one attached hydrogen (secondary N) is 1. The van der Waals surface area contributed by atoms with Gasteiger partial charge in [-0.15, -0.1) is 0 Å². The monoisotopic (exact) mass is 292 g/mol. The zero-order chi connectivity index (χ0) is 15.2. The molecule has 2 amide bonds. The Morgan fingerprint density at radius 1 is 1.48 bits per heavy atom. The van der Waals surface area contributed by atoms with Crippen molar-refractivity contribution < 1.29 is 19.4 Å². The molecule has 1 unspecified atom stereocenters. The Balaban J connectivity index is 1.82. The van der Waals surface area contributed by atoms with E-state index in [0.29, 0.717) is 32.7 Å². The lowest BCUT2D eigenvalue weighted by atomic mass is 10.1. The zero-order valence-electron chi connectivity index (χ0n) is 12.0. The summed E-state index contributed by atoms with van der Waals surface area (Å²) in [7, 11) is 0. The molecule has 1 atom stereocenters. The zero-order valence-corrected chi connectivity index (χ0v) is 12.0. The summed E-state index contributed by atoms with van der Waals surface area (Å²) in [5.74, 6) is -0.942. The van der Waals surface area contributed by atoms with Crippen LogP contribution < -0.4 is 5.32 Å². The van der Waals surface area contributed by atoms with Gasteiger partial charge < -0.3 is 20.1 Å². The van der Waals surface area contributed by atoms with Crippen LogP contribution in [0.25, 0.3) is 0 Å². The Labute approximate surface area is 123 Å². The van der Waals surface area contributed by atoms with Crippen molar-refractivity contribution in [2.75, 3.05) is 26.3 Å². The molecule has 21 heavy (non-hydrogen) atoms. The highest BCUT2D eigenvalue weighted by atomic mass is 16.5. The van der Waals surface area contributed by atoms with Crippen molar-refractivity contribution in [2.45, 2.75) is 19.4 Å². The summed E-state index contributed by atoms with van der Waals surface area (Å²) in [6.45, 7) is 4.16. The number of carboxylic acids is 1. The van der Waals surface area contributed by atoms with Gasteiger partial charge in [0.05, 0.1) is 24.8 Å². The van der Waals surface area contributed by atoms with Crippen molar-refractivity contribution in [1.82, 2.24) is 10.2 Å². The Bertz CT molecular complexity index is 518. The molecule has 2 rings (SSSR count). The second-order valence-electron chi connectivity index (χ2n) is 5.10. The summed E-state index contributed by atoms with van der Waals surface area (Å²) >= 11 is 0. The average molecular weight is 292 g/mol. The van der Waals surface area contributed by atoms with Gasteiger partial charge in [0.25, 0.3) is 0 Å². The van der Waals surface area contributed by atoms with E-state index in [1.807, 2.05) is 13.0 Å². The molecule has 0 aromatic heterocycles. The molecule has 1 aromatic rings. The maximum absolute atomic E-state index is 12.0. The number of carbonyl (C=O) groups is 2. The molecule has 0 aliphatic carbocycles. The molecule has 1 heterocycles. The highest BCUT2D eigenvalue weighted by molar-refractivity contribution is 5.87. The Kier molecular flexibility index (Phi) is 5.16. The molecule has 6 heteroatoms. The molecule has 0 spiro atoms. The fourth-order valence-electron chi connectivity index (χ4n) is 2.30. The summed E-state index contributed by atoms with van der Waals surface area (Å²) in [6.07, 6.45) is 0.603. The highest BCUT2D eigenvalue weighted by Crippen LogP contribution is 2.07. The van der Waals surface area contributed by atoms with E-state index in [4.69, 9.17) is 9.84 Å². The van der Waals surface area contributed by atoms with Gasteiger partial charge in [-0.1, -0.05) is 12.1 Å².